The summed E-state index contributed by atoms with van der Waals surface area (Å²) in [7, 11) is -3.48. The van der Waals surface area contributed by atoms with Crippen LogP contribution in [0.3, 0.4) is 0 Å². The molecule has 31 heavy (non-hydrogen) atoms. The first-order valence-corrected chi connectivity index (χ1v) is 11.2. The Morgan fingerprint density at radius 1 is 0.968 bits per heavy atom. The van der Waals surface area contributed by atoms with E-state index in [1.807, 2.05) is 6.92 Å². The number of nitrogens with zero attached hydrogens (tertiary/aromatic N) is 1. The van der Waals surface area contributed by atoms with Gasteiger partial charge in [-0.1, -0.05) is 31.2 Å². The summed E-state index contributed by atoms with van der Waals surface area (Å²) >= 11 is 0. The predicted molar refractivity (Wildman–Crippen MR) is 109 cm³/mol. The first kappa shape index (κ1) is 22.7. The molecule has 0 saturated carbocycles. The topological polar surface area (TPSA) is 56.3 Å². The van der Waals surface area contributed by atoms with E-state index in [1.54, 1.807) is 0 Å². The van der Waals surface area contributed by atoms with Crippen LogP contribution in [0.4, 0.5) is 17.6 Å². The summed E-state index contributed by atoms with van der Waals surface area (Å²) in [6, 6.07) is 11.5. The standard InChI is InChI=1S/C22H19F4NO3S/c1-3-12-30-19-13-18(14-6-10-17(11-7-14)31(2,28)29)20(21(27-19)22(24,25)26)15-4-8-16(23)9-5-15/h4-11,13H,3,12H2,1-2H3. The highest BCUT2D eigenvalue weighted by Crippen LogP contribution is 2.43. The van der Waals surface area contributed by atoms with Crippen LogP contribution < -0.4 is 4.74 Å². The summed E-state index contributed by atoms with van der Waals surface area (Å²) < 4.78 is 84.1. The molecule has 0 unspecified atom stereocenters. The van der Waals surface area contributed by atoms with Gasteiger partial charge in [0.25, 0.3) is 0 Å². The molecule has 2 aromatic carbocycles. The van der Waals surface area contributed by atoms with Gasteiger partial charge in [-0.3, -0.25) is 0 Å². The Kier molecular flexibility index (Phi) is 6.35. The smallest absolute Gasteiger partial charge is 0.434 e. The van der Waals surface area contributed by atoms with Gasteiger partial charge in [0.1, 0.15) is 5.82 Å². The number of pyridine rings is 1. The lowest BCUT2D eigenvalue weighted by atomic mass is 9.93. The van der Waals surface area contributed by atoms with Crippen molar-refractivity contribution < 1.29 is 30.7 Å². The number of halogens is 4. The first-order chi connectivity index (χ1) is 14.5. The molecule has 0 aliphatic rings. The van der Waals surface area contributed by atoms with Crippen molar-refractivity contribution in [3.05, 3.63) is 66.1 Å². The predicted octanol–water partition coefficient (Wildman–Crippen LogP) is 5.77. The van der Waals surface area contributed by atoms with E-state index in [-0.39, 0.29) is 34.1 Å². The quantitative estimate of drug-likeness (QED) is 0.445. The maximum Gasteiger partial charge on any atom is 0.434 e. The maximum atomic E-state index is 14.0. The lowest BCUT2D eigenvalue weighted by molar-refractivity contribution is -0.140. The molecule has 0 aliphatic heterocycles. The molecule has 0 bridgehead atoms. The molecule has 4 nitrogen and oxygen atoms in total. The van der Waals surface area contributed by atoms with Crippen molar-refractivity contribution in [1.82, 2.24) is 4.98 Å². The Balaban J connectivity index is 2.31. The van der Waals surface area contributed by atoms with Crippen LogP contribution >= 0.6 is 0 Å². The van der Waals surface area contributed by atoms with Crippen LogP contribution in [0.25, 0.3) is 22.3 Å². The Hall–Kier alpha value is -2.94. The third kappa shape index (κ3) is 5.22. The van der Waals surface area contributed by atoms with E-state index >= 15 is 0 Å². The molecular weight excluding hydrogens is 434 g/mol. The maximum absolute atomic E-state index is 14.0. The van der Waals surface area contributed by atoms with Crippen molar-refractivity contribution in [2.75, 3.05) is 12.9 Å². The number of hydrogen-bond donors (Lipinski definition) is 0. The molecule has 9 heteroatoms. The lowest BCUT2D eigenvalue weighted by Gasteiger charge is -2.19. The number of rotatable bonds is 6. The van der Waals surface area contributed by atoms with Gasteiger partial charge in [-0.25, -0.2) is 17.8 Å². The highest BCUT2D eigenvalue weighted by Gasteiger charge is 2.38. The second-order valence-corrected chi connectivity index (χ2v) is 8.90. The highest BCUT2D eigenvalue weighted by molar-refractivity contribution is 7.90. The molecule has 0 spiro atoms. The van der Waals surface area contributed by atoms with Gasteiger partial charge in [-0.15, -0.1) is 0 Å². The van der Waals surface area contributed by atoms with Crippen molar-refractivity contribution >= 4 is 9.84 Å². The molecule has 3 rings (SSSR count). The van der Waals surface area contributed by atoms with E-state index in [9.17, 15) is 26.0 Å². The minimum Gasteiger partial charge on any atom is -0.478 e. The molecule has 0 N–H and O–H groups in total. The van der Waals surface area contributed by atoms with Gasteiger partial charge in [-0.05, 0) is 47.4 Å². The van der Waals surface area contributed by atoms with Gasteiger partial charge in [0.15, 0.2) is 15.5 Å². The number of hydrogen-bond acceptors (Lipinski definition) is 4. The SMILES string of the molecule is CCCOc1cc(-c2ccc(S(C)(=O)=O)cc2)c(-c2ccc(F)cc2)c(C(F)(F)F)n1. The number of alkyl halides is 3. The fourth-order valence-corrected chi connectivity index (χ4v) is 3.66. The summed E-state index contributed by atoms with van der Waals surface area (Å²) in [5.74, 6) is -0.797. The van der Waals surface area contributed by atoms with E-state index in [2.05, 4.69) is 4.98 Å². The molecule has 1 heterocycles. The Bertz CT molecular complexity index is 1170. The molecular formula is C22H19F4NO3S. The molecule has 0 atom stereocenters. The largest absolute Gasteiger partial charge is 0.478 e. The molecule has 164 valence electrons. The molecule has 0 aliphatic carbocycles. The van der Waals surface area contributed by atoms with Crippen LogP contribution in [0.1, 0.15) is 19.0 Å². The summed E-state index contributed by atoms with van der Waals surface area (Å²) in [5, 5.41) is 0. The van der Waals surface area contributed by atoms with Crippen LogP contribution in [0.5, 0.6) is 5.88 Å². The number of benzene rings is 2. The average Bonchev–Trinajstić information content (AvgIpc) is 2.71. The summed E-state index contributed by atoms with van der Waals surface area (Å²) in [4.78, 5) is 3.72. The zero-order valence-electron chi connectivity index (χ0n) is 16.7. The third-order valence-corrected chi connectivity index (χ3v) is 5.57. The van der Waals surface area contributed by atoms with Crippen molar-refractivity contribution in [3.63, 3.8) is 0 Å². The van der Waals surface area contributed by atoms with Crippen molar-refractivity contribution in [3.8, 4) is 28.1 Å². The fourth-order valence-electron chi connectivity index (χ4n) is 3.03. The minimum atomic E-state index is -4.81. The normalized spacial score (nSPS) is 12.1. The van der Waals surface area contributed by atoms with Gasteiger partial charge >= 0.3 is 6.18 Å². The zero-order chi connectivity index (χ0) is 22.8. The first-order valence-electron chi connectivity index (χ1n) is 9.32. The zero-order valence-corrected chi connectivity index (χ0v) is 17.5. The van der Waals surface area contributed by atoms with E-state index in [4.69, 9.17) is 4.74 Å². The third-order valence-electron chi connectivity index (χ3n) is 4.44. The number of sulfone groups is 1. The van der Waals surface area contributed by atoms with E-state index in [1.165, 1.54) is 42.5 Å². The second kappa shape index (κ2) is 8.66. The lowest BCUT2D eigenvalue weighted by Crippen LogP contribution is -2.13. The number of ether oxygens (including phenoxy) is 1. The van der Waals surface area contributed by atoms with Crippen LogP contribution in [0.15, 0.2) is 59.5 Å². The molecule has 1 aromatic heterocycles. The van der Waals surface area contributed by atoms with Crippen LogP contribution in [-0.4, -0.2) is 26.3 Å². The van der Waals surface area contributed by atoms with Gasteiger partial charge in [0.2, 0.25) is 5.88 Å². The Morgan fingerprint density at radius 3 is 2.06 bits per heavy atom. The molecule has 3 aromatic rings. The average molecular weight is 453 g/mol. The van der Waals surface area contributed by atoms with Crippen LogP contribution in [-0.2, 0) is 16.0 Å². The Morgan fingerprint density at radius 2 is 1.55 bits per heavy atom. The summed E-state index contributed by atoms with van der Waals surface area (Å²) in [6.45, 7) is 1.98. The molecule has 0 fully saturated rings. The molecule has 0 radical (unpaired) electrons. The molecule has 0 saturated heterocycles. The molecule has 0 amide bonds. The van der Waals surface area contributed by atoms with E-state index in [0.717, 1.165) is 18.4 Å². The second-order valence-electron chi connectivity index (χ2n) is 6.88. The van der Waals surface area contributed by atoms with Crippen molar-refractivity contribution in [2.45, 2.75) is 24.4 Å². The van der Waals surface area contributed by atoms with E-state index in [0.29, 0.717) is 12.0 Å². The van der Waals surface area contributed by atoms with Gasteiger partial charge in [0, 0.05) is 17.9 Å². The summed E-state index contributed by atoms with van der Waals surface area (Å²) in [5.41, 5.74) is -0.829. The van der Waals surface area contributed by atoms with Gasteiger partial charge < -0.3 is 4.74 Å². The van der Waals surface area contributed by atoms with Crippen LogP contribution in [0, 0.1) is 5.82 Å². The minimum absolute atomic E-state index is 0.0344. The van der Waals surface area contributed by atoms with E-state index < -0.39 is 27.5 Å². The highest BCUT2D eigenvalue weighted by atomic mass is 32.2. The Labute approximate surface area is 177 Å². The van der Waals surface area contributed by atoms with Crippen molar-refractivity contribution in [2.24, 2.45) is 0 Å². The van der Waals surface area contributed by atoms with Gasteiger partial charge in [0.05, 0.1) is 11.5 Å². The fraction of sp³-hybridized carbons (Fsp3) is 0.227. The van der Waals surface area contributed by atoms with Crippen molar-refractivity contribution in [1.29, 1.82) is 0 Å². The number of aromatic nitrogens is 1. The van der Waals surface area contributed by atoms with Crippen LogP contribution in [0.2, 0.25) is 0 Å². The monoisotopic (exact) mass is 453 g/mol. The summed E-state index contributed by atoms with van der Waals surface area (Å²) in [6.07, 6.45) is -3.20. The van der Waals surface area contributed by atoms with Gasteiger partial charge in [-0.2, -0.15) is 13.2 Å².